The van der Waals surface area contributed by atoms with Gasteiger partial charge in [-0.2, -0.15) is 0 Å². The molecule has 0 saturated carbocycles. The lowest BCUT2D eigenvalue weighted by Gasteiger charge is -2.35. The van der Waals surface area contributed by atoms with Crippen LogP contribution in [-0.2, 0) is 11.2 Å². The Morgan fingerprint density at radius 1 is 1.00 bits per heavy atom. The predicted molar refractivity (Wildman–Crippen MR) is 82.7 cm³/mol. The average Bonchev–Trinajstić information content (AvgIpc) is 2.51. The molecule has 0 aliphatic carbocycles. The number of nitrogens with zero attached hydrogens (tertiary/aromatic N) is 2. The summed E-state index contributed by atoms with van der Waals surface area (Å²) in [5, 5.41) is 0. The van der Waals surface area contributed by atoms with Crippen molar-refractivity contribution in [1.82, 2.24) is 0 Å². The smallest absolute Gasteiger partial charge is 0.246 e. The first kappa shape index (κ1) is 12.7. The standard InChI is InChI=1S/C17H18N2O/c1-3-13-8-10-14(11-9-13)19-12-17(20)18(2)15-6-4-5-7-16(15)19/h4-11H,3,12H2,1-2H3. The number of benzene rings is 2. The summed E-state index contributed by atoms with van der Waals surface area (Å²) in [4.78, 5) is 16.0. The molecule has 0 radical (unpaired) electrons. The van der Waals surface area contributed by atoms with E-state index in [2.05, 4.69) is 42.2 Å². The van der Waals surface area contributed by atoms with E-state index in [0.29, 0.717) is 6.54 Å². The van der Waals surface area contributed by atoms with Crippen molar-refractivity contribution in [2.45, 2.75) is 13.3 Å². The number of aryl methyl sites for hydroxylation is 1. The molecular formula is C17H18N2O. The van der Waals surface area contributed by atoms with Gasteiger partial charge in [0.15, 0.2) is 0 Å². The second-order valence-electron chi connectivity index (χ2n) is 5.05. The molecule has 0 atom stereocenters. The molecule has 3 heteroatoms. The van der Waals surface area contributed by atoms with Crippen LogP contribution in [0, 0.1) is 0 Å². The van der Waals surface area contributed by atoms with Gasteiger partial charge in [-0.25, -0.2) is 0 Å². The normalized spacial score (nSPS) is 14.4. The molecule has 3 nitrogen and oxygen atoms in total. The van der Waals surface area contributed by atoms with E-state index in [1.54, 1.807) is 4.90 Å². The largest absolute Gasteiger partial charge is 0.330 e. The van der Waals surface area contributed by atoms with Crippen LogP contribution in [0.4, 0.5) is 17.1 Å². The third-order valence-electron chi connectivity index (χ3n) is 3.86. The van der Waals surface area contributed by atoms with E-state index in [4.69, 9.17) is 0 Å². The van der Waals surface area contributed by atoms with Gasteiger partial charge in [-0.3, -0.25) is 4.79 Å². The minimum atomic E-state index is 0.114. The number of amides is 1. The van der Waals surface area contributed by atoms with Crippen LogP contribution >= 0.6 is 0 Å². The number of hydrogen-bond donors (Lipinski definition) is 0. The van der Waals surface area contributed by atoms with Gasteiger partial charge < -0.3 is 9.80 Å². The average molecular weight is 266 g/mol. The maximum absolute atomic E-state index is 12.1. The van der Waals surface area contributed by atoms with E-state index in [0.717, 1.165) is 23.5 Å². The van der Waals surface area contributed by atoms with Gasteiger partial charge in [-0.1, -0.05) is 31.2 Å². The molecule has 1 aliphatic rings. The van der Waals surface area contributed by atoms with Crippen LogP contribution < -0.4 is 9.80 Å². The Bertz CT molecular complexity index is 634. The van der Waals surface area contributed by atoms with Gasteiger partial charge in [-0.05, 0) is 36.2 Å². The van der Waals surface area contributed by atoms with Crippen LogP contribution in [-0.4, -0.2) is 19.5 Å². The number of fused-ring (bicyclic) bond motifs is 1. The molecule has 1 amide bonds. The van der Waals surface area contributed by atoms with Crippen molar-refractivity contribution < 1.29 is 4.79 Å². The zero-order valence-corrected chi connectivity index (χ0v) is 11.8. The van der Waals surface area contributed by atoms with Crippen LogP contribution in [0.2, 0.25) is 0 Å². The second-order valence-corrected chi connectivity index (χ2v) is 5.05. The van der Waals surface area contributed by atoms with Crippen LogP contribution in [0.15, 0.2) is 48.5 Å². The maximum Gasteiger partial charge on any atom is 0.246 e. The summed E-state index contributed by atoms with van der Waals surface area (Å²) >= 11 is 0. The first-order valence-corrected chi connectivity index (χ1v) is 6.92. The number of anilines is 3. The van der Waals surface area contributed by atoms with Crippen molar-refractivity contribution >= 4 is 23.0 Å². The van der Waals surface area contributed by atoms with Gasteiger partial charge in [-0.15, -0.1) is 0 Å². The first-order chi connectivity index (χ1) is 9.70. The van der Waals surface area contributed by atoms with E-state index in [1.807, 2.05) is 25.2 Å². The van der Waals surface area contributed by atoms with Crippen molar-refractivity contribution in [1.29, 1.82) is 0 Å². The zero-order valence-electron chi connectivity index (χ0n) is 11.8. The van der Waals surface area contributed by atoms with Crippen molar-refractivity contribution in [2.24, 2.45) is 0 Å². The molecule has 0 fully saturated rings. The highest BCUT2D eigenvalue weighted by Crippen LogP contribution is 2.37. The number of hydrogen-bond acceptors (Lipinski definition) is 2. The van der Waals surface area contributed by atoms with Crippen molar-refractivity contribution in [2.75, 3.05) is 23.4 Å². The fourth-order valence-electron chi connectivity index (χ4n) is 2.58. The Labute approximate surface area is 119 Å². The number of rotatable bonds is 2. The maximum atomic E-state index is 12.1. The van der Waals surface area contributed by atoms with Crippen molar-refractivity contribution in [3.05, 3.63) is 54.1 Å². The fourth-order valence-corrected chi connectivity index (χ4v) is 2.58. The van der Waals surface area contributed by atoms with Gasteiger partial charge in [0.25, 0.3) is 0 Å². The van der Waals surface area contributed by atoms with E-state index in [1.165, 1.54) is 5.56 Å². The van der Waals surface area contributed by atoms with E-state index < -0.39 is 0 Å². The molecule has 0 N–H and O–H groups in total. The molecule has 1 heterocycles. The molecule has 1 aliphatic heterocycles. The molecule has 20 heavy (non-hydrogen) atoms. The van der Waals surface area contributed by atoms with Gasteiger partial charge in [0.2, 0.25) is 5.91 Å². The fraction of sp³-hybridized carbons (Fsp3) is 0.235. The second kappa shape index (κ2) is 5.00. The molecule has 0 unspecified atom stereocenters. The lowest BCUT2D eigenvalue weighted by molar-refractivity contribution is -0.117. The molecule has 2 aromatic carbocycles. The highest BCUT2D eigenvalue weighted by molar-refractivity contribution is 6.04. The lowest BCUT2D eigenvalue weighted by Crippen LogP contribution is -2.41. The minimum absolute atomic E-state index is 0.114. The summed E-state index contributed by atoms with van der Waals surface area (Å²) in [7, 11) is 1.83. The summed E-state index contributed by atoms with van der Waals surface area (Å²) in [6.45, 7) is 2.53. The number of carbonyl (C=O) groups is 1. The highest BCUT2D eigenvalue weighted by atomic mass is 16.2. The molecular weight excluding hydrogens is 248 g/mol. The predicted octanol–water partition coefficient (Wildman–Crippen LogP) is 3.36. The van der Waals surface area contributed by atoms with Crippen LogP contribution in [0.1, 0.15) is 12.5 Å². The number of carbonyl (C=O) groups excluding carboxylic acids is 1. The Hall–Kier alpha value is -2.29. The molecule has 2 aromatic rings. The Balaban J connectivity index is 2.05. The van der Waals surface area contributed by atoms with Gasteiger partial charge in [0.1, 0.15) is 6.54 Å². The molecule has 0 saturated heterocycles. The van der Waals surface area contributed by atoms with Crippen LogP contribution in [0.5, 0.6) is 0 Å². The topological polar surface area (TPSA) is 23.6 Å². The number of para-hydroxylation sites is 2. The van der Waals surface area contributed by atoms with E-state index >= 15 is 0 Å². The molecule has 0 bridgehead atoms. The van der Waals surface area contributed by atoms with Crippen molar-refractivity contribution in [3.8, 4) is 0 Å². The van der Waals surface area contributed by atoms with E-state index in [-0.39, 0.29) is 5.91 Å². The summed E-state index contributed by atoms with van der Waals surface area (Å²) in [5.74, 6) is 0.114. The summed E-state index contributed by atoms with van der Waals surface area (Å²) < 4.78 is 0. The first-order valence-electron chi connectivity index (χ1n) is 6.92. The highest BCUT2D eigenvalue weighted by Gasteiger charge is 2.26. The zero-order chi connectivity index (χ0) is 14.1. The summed E-state index contributed by atoms with van der Waals surface area (Å²) in [6, 6.07) is 16.5. The Morgan fingerprint density at radius 3 is 2.30 bits per heavy atom. The van der Waals surface area contributed by atoms with E-state index in [9.17, 15) is 4.79 Å². The van der Waals surface area contributed by atoms with Gasteiger partial charge in [0, 0.05) is 12.7 Å². The third-order valence-corrected chi connectivity index (χ3v) is 3.86. The van der Waals surface area contributed by atoms with Gasteiger partial charge in [0.05, 0.1) is 11.4 Å². The van der Waals surface area contributed by atoms with Gasteiger partial charge >= 0.3 is 0 Å². The summed E-state index contributed by atoms with van der Waals surface area (Å²) in [6.07, 6.45) is 1.03. The van der Waals surface area contributed by atoms with Crippen LogP contribution in [0.3, 0.4) is 0 Å². The monoisotopic (exact) mass is 266 g/mol. The number of likely N-dealkylation sites (N-methyl/N-ethyl adjacent to an activating group) is 1. The van der Waals surface area contributed by atoms with Crippen molar-refractivity contribution in [3.63, 3.8) is 0 Å². The molecule has 0 spiro atoms. The molecule has 0 aromatic heterocycles. The SMILES string of the molecule is CCc1ccc(N2CC(=O)N(C)c3ccccc32)cc1. The molecule has 3 rings (SSSR count). The third kappa shape index (κ3) is 2.05. The lowest BCUT2D eigenvalue weighted by atomic mass is 10.1. The summed E-state index contributed by atoms with van der Waals surface area (Å²) in [5.41, 5.74) is 4.42. The Morgan fingerprint density at radius 2 is 1.65 bits per heavy atom. The Kier molecular flexibility index (Phi) is 3.18. The van der Waals surface area contributed by atoms with Crippen LogP contribution in [0.25, 0.3) is 0 Å². The minimum Gasteiger partial charge on any atom is -0.330 e. The quantitative estimate of drug-likeness (QED) is 0.832. The molecule has 102 valence electrons.